The monoisotopic (exact) mass is 275 g/mol. The highest BCUT2D eigenvalue weighted by atomic mass is 16.7. The van der Waals surface area contributed by atoms with Crippen molar-refractivity contribution in [3.8, 4) is 6.07 Å². The van der Waals surface area contributed by atoms with Gasteiger partial charge in [0.1, 0.15) is 24.4 Å². The second kappa shape index (κ2) is 7.52. The van der Waals surface area contributed by atoms with Crippen molar-refractivity contribution in [1.29, 1.82) is 5.26 Å². The van der Waals surface area contributed by atoms with Crippen LogP contribution in [0, 0.1) is 11.3 Å². The largest absolute Gasteiger partial charge is 0.394 e. The van der Waals surface area contributed by atoms with Crippen LogP contribution in [0.3, 0.4) is 0 Å². The topological polar surface area (TPSA) is 143 Å². The van der Waals surface area contributed by atoms with E-state index in [0.29, 0.717) is 0 Å². The Hall–Kier alpha value is -1.05. The molecule has 0 aromatic rings. The van der Waals surface area contributed by atoms with E-state index in [4.69, 9.17) is 24.9 Å². The van der Waals surface area contributed by atoms with Gasteiger partial charge in [0.2, 0.25) is 0 Å². The first-order chi connectivity index (χ1) is 9.04. The third-order valence-corrected chi connectivity index (χ3v) is 2.75. The van der Waals surface area contributed by atoms with Gasteiger partial charge in [-0.3, -0.25) is 0 Å². The lowest BCUT2D eigenvalue weighted by molar-refractivity contribution is -0.298. The molecule has 8 heteroatoms. The van der Waals surface area contributed by atoms with Crippen molar-refractivity contribution in [2.24, 2.45) is 0 Å². The zero-order valence-electron chi connectivity index (χ0n) is 10.1. The first-order valence-electron chi connectivity index (χ1n) is 5.67. The van der Waals surface area contributed by atoms with Crippen LogP contribution in [0.25, 0.3) is 0 Å². The molecule has 5 N–H and O–H groups in total. The Morgan fingerprint density at radius 1 is 1.21 bits per heavy atom. The summed E-state index contributed by atoms with van der Waals surface area (Å²) >= 11 is 0. The molecule has 0 amide bonds. The second-order valence-electron chi connectivity index (χ2n) is 4.03. The van der Waals surface area contributed by atoms with Crippen molar-refractivity contribution in [3.63, 3.8) is 0 Å². The van der Waals surface area contributed by atoms with Gasteiger partial charge in [-0.2, -0.15) is 5.26 Å². The van der Waals surface area contributed by atoms with E-state index >= 15 is 0 Å². The molecule has 1 saturated heterocycles. The summed E-state index contributed by atoms with van der Waals surface area (Å²) in [5.41, 5.74) is 0.0876. The average Bonchev–Trinajstić information content (AvgIpc) is 2.43. The Balaban J connectivity index is 2.58. The van der Waals surface area contributed by atoms with Gasteiger partial charge < -0.3 is 35.0 Å². The Morgan fingerprint density at radius 2 is 1.89 bits per heavy atom. The van der Waals surface area contributed by atoms with E-state index in [1.807, 2.05) is 0 Å². The zero-order valence-corrected chi connectivity index (χ0v) is 10.1. The fraction of sp³-hybridized carbons (Fsp3) is 0.727. The van der Waals surface area contributed by atoms with E-state index in [1.165, 1.54) is 6.08 Å². The molecule has 1 fully saturated rings. The molecule has 0 bridgehead atoms. The molecule has 0 aromatic heterocycles. The number of aliphatic hydroxyl groups excluding tert-OH is 5. The van der Waals surface area contributed by atoms with Crippen LogP contribution in [-0.2, 0) is 9.47 Å². The maximum Gasteiger partial charge on any atom is 0.187 e. The van der Waals surface area contributed by atoms with Crippen molar-refractivity contribution in [2.75, 3.05) is 19.8 Å². The summed E-state index contributed by atoms with van der Waals surface area (Å²) in [5, 5.41) is 54.9. The fourth-order valence-electron chi connectivity index (χ4n) is 1.59. The molecule has 0 saturated carbocycles. The molecule has 0 aromatic carbocycles. The number of hydrogen-bond acceptors (Lipinski definition) is 8. The Labute approximate surface area is 109 Å². The van der Waals surface area contributed by atoms with Crippen molar-refractivity contribution in [1.82, 2.24) is 0 Å². The highest BCUT2D eigenvalue weighted by Crippen LogP contribution is 2.21. The molecule has 108 valence electrons. The SMILES string of the molecule is N#C/C(=C/COC1OC(CO)C(O)C(O)C1O)CO. The van der Waals surface area contributed by atoms with E-state index in [1.54, 1.807) is 6.07 Å². The van der Waals surface area contributed by atoms with Crippen LogP contribution in [-0.4, -0.2) is 76.1 Å². The lowest BCUT2D eigenvalue weighted by Crippen LogP contribution is -2.59. The average molecular weight is 275 g/mol. The van der Waals surface area contributed by atoms with Gasteiger partial charge in [0.25, 0.3) is 0 Å². The molecule has 0 aliphatic carbocycles. The van der Waals surface area contributed by atoms with Gasteiger partial charge in [0.05, 0.1) is 31.5 Å². The molecule has 1 heterocycles. The summed E-state index contributed by atoms with van der Waals surface area (Å²) in [6.07, 6.45) is -5.42. The number of rotatable bonds is 5. The van der Waals surface area contributed by atoms with Crippen LogP contribution in [0.4, 0.5) is 0 Å². The van der Waals surface area contributed by atoms with Crippen LogP contribution in [0.5, 0.6) is 0 Å². The number of nitriles is 1. The van der Waals surface area contributed by atoms with E-state index in [2.05, 4.69) is 0 Å². The summed E-state index contributed by atoms with van der Waals surface area (Å²) < 4.78 is 10.2. The molecule has 1 aliphatic rings. The minimum atomic E-state index is -1.51. The number of nitrogens with zero attached hydrogens (tertiary/aromatic N) is 1. The molecule has 0 spiro atoms. The van der Waals surface area contributed by atoms with Gasteiger partial charge >= 0.3 is 0 Å². The maximum atomic E-state index is 9.62. The molecule has 5 unspecified atom stereocenters. The molecule has 5 atom stereocenters. The molecular weight excluding hydrogens is 258 g/mol. The predicted molar refractivity (Wildman–Crippen MR) is 60.5 cm³/mol. The zero-order chi connectivity index (χ0) is 14.4. The molecule has 19 heavy (non-hydrogen) atoms. The van der Waals surface area contributed by atoms with Crippen molar-refractivity contribution in [3.05, 3.63) is 11.6 Å². The van der Waals surface area contributed by atoms with Gasteiger partial charge in [0, 0.05) is 0 Å². The minimum absolute atomic E-state index is 0.0876. The second-order valence-corrected chi connectivity index (χ2v) is 4.03. The first-order valence-corrected chi connectivity index (χ1v) is 5.67. The molecule has 1 rings (SSSR count). The summed E-state index contributed by atoms with van der Waals surface area (Å²) in [4.78, 5) is 0. The maximum absolute atomic E-state index is 9.62. The van der Waals surface area contributed by atoms with Gasteiger partial charge in [-0.05, 0) is 6.08 Å². The van der Waals surface area contributed by atoms with Gasteiger partial charge in [0.15, 0.2) is 6.29 Å². The first kappa shape index (κ1) is 16.0. The van der Waals surface area contributed by atoms with Gasteiger partial charge in [-0.15, -0.1) is 0 Å². The van der Waals surface area contributed by atoms with Crippen LogP contribution >= 0.6 is 0 Å². The summed E-state index contributed by atoms with van der Waals surface area (Å²) in [6, 6.07) is 1.73. The van der Waals surface area contributed by atoms with Gasteiger partial charge in [-0.1, -0.05) is 0 Å². The lowest BCUT2D eigenvalue weighted by atomic mass is 9.99. The van der Waals surface area contributed by atoms with Gasteiger partial charge in [-0.25, -0.2) is 0 Å². The van der Waals surface area contributed by atoms with Crippen molar-refractivity contribution in [2.45, 2.75) is 30.7 Å². The van der Waals surface area contributed by atoms with Crippen LogP contribution in [0.2, 0.25) is 0 Å². The van der Waals surface area contributed by atoms with Crippen molar-refractivity contribution >= 4 is 0 Å². The van der Waals surface area contributed by atoms with Crippen LogP contribution in [0.1, 0.15) is 0 Å². The molecule has 8 nitrogen and oxygen atoms in total. The predicted octanol–water partition coefficient (Wildman–Crippen LogP) is -2.75. The Kier molecular flexibility index (Phi) is 6.33. The van der Waals surface area contributed by atoms with Crippen molar-refractivity contribution < 1.29 is 35.0 Å². The standard InChI is InChI=1S/C11H17NO7/c12-3-6(4-13)1-2-18-11-10(17)9(16)8(15)7(5-14)19-11/h1,7-11,13-17H,2,4-5H2/b6-1-. The third kappa shape index (κ3) is 3.95. The molecule has 1 aliphatic heterocycles. The van der Waals surface area contributed by atoms with E-state index < -0.39 is 43.9 Å². The Morgan fingerprint density at radius 3 is 2.42 bits per heavy atom. The summed E-state index contributed by atoms with van der Waals surface area (Å²) in [5.74, 6) is 0. The van der Waals surface area contributed by atoms with E-state index in [0.717, 1.165) is 0 Å². The highest BCUT2D eigenvalue weighted by molar-refractivity contribution is 5.20. The summed E-state index contributed by atoms with van der Waals surface area (Å²) in [7, 11) is 0. The smallest absolute Gasteiger partial charge is 0.187 e. The molecule has 0 radical (unpaired) electrons. The van der Waals surface area contributed by atoms with Crippen LogP contribution in [0.15, 0.2) is 11.6 Å². The third-order valence-electron chi connectivity index (χ3n) is 2.75. The quantitative estimate of drug-likeness (QED) is 0.340. The molecular formula is C11H17NO7. The summed E-state index contributed by atoms with van der Waals surface area (Å²) in [6.45, 7) is -1.11. The highest BCUT2D eigenvalue weighted by Gasteiger charge is 2.43. The minimum Gasteiger partial charge on any atom is -0.394 e. The number of aliphatic hydroxyl groups is 5. The Bertz CT molecular complexity index is 351. The number of ether oxygens (including phenoxy) is 2. The number of hydrogen-bond donors (Lipinski definition) is 5. The normalized spacial score (nSPS) is 36.0. The van der Waals surface area contributed by atoms with E-state index in [-0.39, 0.29) is 12.2 Å². The fourth-order valence-corrected chi connectivity index (χ4v) is 1.59. The lowest BCUT2D eigenvalue weighted by Gasteiger charge is -2.39. The van der Waals surface area contributed by atoms with E-state index in [9.17, 15) is 15.3 Å². The van der Waals surface area contributed by atoms with Crippen LogP contribution < -0.4 is 0 Å².